The lowest BCUT2D eigenvalue weighted by molar-refractivity contribution is 1.29. The molecule has 0 saturated carbocycles. The van der Waals surface area contributed by atoms with Crippen LogP contribution in [0.2, 0.25) is 39.3 Å². The van der Waals surface area contributed by atoms with Crippen molar-refractivity contribution < 1.29 is 0 Å². The van der Waals surface area contributed by atoms with Crippen molar-refractivity contribution >= 4 is 93.0 Å². The molecule has 0 aromatic heterocycles. The van der Waals surface area contributed by atoms with E-state index in [1.54, 1.807) is 0 Å². The smallest absolute Gasteiger partial charge is 0.0775 e. The Morgan fingerprint density at radius 2 is 0.545 bits per heavy atom. The van der Waals surface area contributed by atoms with Crippen LogP contribution >= 0.6 is 0 Å². The van der Waals surface area contributed by atoms with Gasteiger partial charge in [0.2, 0.25) is 0 Å². The summed E-state index contributed by atoms with van der Waals surface area (Å²) >= 11 is 0. The quantitative estimate of drug-likeness (QED) is 0.0997. The Morgan fingerprint density at radius 3 is 0.833 bits per heavy atom. The molecular weight excluding hydrogens is 829 g/mol. The second-order valence-corrected chi connectivity index (χ2v) is 30.8. The molecule has 10 aromatic rings. The van der Waals surface area contributed by atoms with Crippen LogP contribution in [0.3, 0.4) is 0 Å². The van der Waals surface area contributed by atoms with Crippen molar-refractivity contribution in [3.05, 3.63) is 204 Å². The molecule has 0 unspecified atom stereocenters. The Labute approximate surface area is 394 Å². The molecule has 66 heavy (non-hydrogen) atoms. The first kappa shape index (κ1) is 43.2. The van der Waals surface area contributed by atoms with Crippen LogP contribution in [0.1, 0.15) is 22.3 Å². The van der Waals surface area contributed by atoms with Crippen molar-refractivity contribution in [3.8, 4) is 22.3 Å². The van der Waals surface area contributed by atoms with E-state index >= 15 is 0 Å². The van der Waals surface area contributed by atoms with Gasteiger partial charge in [-0.2, -0.15) is 0 Å². The van der Waals surface area contributed by atoms with Crippen LogP contribution in [0, 0.1) is 27.7 Å². The van der Waals surface area contributed by atoms with Gasteiger partial charge in [-0.25, -0.2) is 0 Å². The van der Waals surface area contributed by atoms with Crippen molar-refractivity contribution in [2.45, 2.75) is 67.0 Å². The second kappa shape index (κ2) is 16.6. The molecule has 0 heterocycles. The van der Waals surface area contributed by atoms with Crippen LogP contribution in [-0.2, 0) is 0 Å². The predicted molar refractivity (Wildman–Crippen MR) is 295 cm³/mol. The number of hydrogen-bond donors (Lipinski definition) is 0. The third-order valence-corrected chi connectivity index (χ3v) is 17.8. The monoisotopic (exact) mass is 888 g/mol. The maximum absolute atomic E-state index is 2.50. The molecule has 0 aliphatic carbocycles. The van der Waals surface area contributed by atoms with Gasteiger partial charge in [-0.3, -0.25) is 0 Å². The maximum atomic E-state index is 2.50. The maximum Gasteiger partial charge on any atom is 0.0775 e. The van der Waals surface area contributed by atoms with Gasteiger partial charge < -0.3 is 9.80 Å². The molecule has 0 saturated heterocycles. The number of hydrogen-bond acceptors (Lipinski definition) is 2. The molecule has 326 valence electrons. The van der Waals surface area contributed by atoms with Crippen molar-refractivity contribution in [1.82, 2.24) is 0 Å². The van der Waals surface area contributed by atoms with Crippen LogP contribution in [0.25, 0.3) is 54.6 Å². The topological polar surface area (TPSA) is 6.48 Å². The first-order chi connectivity index (χ1) is 31.6. The van der Waals surface area contributed by atoms with Gasteiger partial charge in [0, 0.05) is 44.3 Å². The van der Waals surface area contributed by atoms with Crippen molar-refractivity contribution in [2.75, 3.05) is 9.80 Å². The SMILES string of the molecule is Cc1ccc(-c2cc(N(c3ccc(C)cc3)c3ccc([Si](C)(C)C)cc3)c3ccc4c(-c5ccc(C)cc5)cc(N(c5ccc(C)cc5)c5ccc([Si](C)(C)C)cc5)c5ccc2c3c45)cc1. The number of benzene rings is 10. The predicted octanol–water partition coefficient (Wildman–Crippen LogP) is 17.2. The zero-order chi connectivity index (χ0) is 46.1. The van der Waals surface area contributed by atoms with Crippen molar-refractivity contribution in [1.29, 1.82) is 0 Å². The largest absolute Gasteiger partial charge is 0.310 e. The molecule has 4 heteroatoms. The third kappa shape index (κ3) is 7.93. The summed E-state index contributed by atoms with van der Waals surface area (Å²) in [5.74, 6) is 0. The van der Waals surface area contributed by atoms with Crippen LogP contribution in [-0.4, -0.2) is 16.1 Å². The molecule has 0 atom stereocenters. The van der Waals surface area contributed by atoms with E-state index < -0.39 is 16.1 Å². The lowest BCUT2D eigenvalue weighted by Crippen LogP contribution is -2.37. The number of aryl methyl sites for hydroxylation is 4. The van der Waals surface area contributed by atoms with E-state index in [0.29, 0.717) is 0 Å². The molecule has 0 amide bonds. The Morgan fingerprint density at radius 1 is 0.288 bits per heavy atom. The first-order valence-corrected chi connectivity index (χ1v) is 30.5. The van der Waals surface area contributed by atoms with Crippen molar-refractivity contribution in [3.63, 3.8) is 0 Å². The zero-order valence-corrected chi connectivity index (χ0v) is 42.2. The molecule has 10 aromatic carbocycles. The van der Waals surface area contributed by atoms with Crippen LogP contribution < -0.4 is 20.2 Å². The first-order valence-electron chi connectivity index (χ1n) is 23.5. The fraction of sp³-hybridized carbons (Fsp3) is 0.161. The minimum atomic E-state index is -1.54. The molecular formula is C62H60N2Si2. The van der Waals surface area contributed by atoms with E-state index in [0.717, 1.165) is 34.1 Å². The third-order valence-electron chi connectivity index (χ3n) is 13.6. The van der Waals surface area contributed by atoms with Gasteiger partial charge in [0.05, 0.1) is 27.5 Å². The average Bonchev–Trinajstić information content (AvgIpc) is 3.30. The fourth-order valence-electron chi connectivity index (χ4n) is 9.73. The summed E-state index contributed by atoms with van der Waals surface area (Å²) in [7, 11) is -3.08. The highest BCUT2D eigenvalue weighted by Crippen LogP contribution is 2.52. The van der Waals surface area contributed by atoms with E-state index in [9.17, 15) is 0 Å². The molecule has 0 fully saturated rings. The highest BCUT2D eigenvalue weighted by atomic mass is 28.3. The molecule has 0 aliphatic rings. The summed E-state index contributed by atoms with van der Waals surface area (Å²) in [6, 6.07) is 69.7. The van der Waals surface area contributed by atoms with Gasteiger partial charge in [0.25, 0.3) is 0 Å². The standard InChI is InChI=1S/C62H60N2Si2/c1-41-11-19-45(20-12-41)57-39-59(63(47-23-15-43(3)16-24-47)49-27-31-51(32-28-49)65(5,6)7)55-38-36-54-58(46-21-13-42(2)14-22-46)40-60(56-37-35-53(57)61(55)62(54)56)64(48-25-17-44(4)18-26-48)50-29-33-52(34-30-50)66(8,9)10/h11-40H,1-10H3. The van der Waals surface area contributed by atoms with E-state index in [1.807, 2.05) is 0 Å². The minimum absolute atomic E-state index is 1.14. The summed E-state index contributed by atoms with van der Waals surface area (Å²) in [4.78, 5) is 5.00. The molecule has 0 bridgehead atoms. The number of anilines is 6. The van der Waals surface area contributed by atoms with Gasteiger partial charge in [-0.15, -0.1) is 0 Å². The van der Waals surface area contributed by atoms with Gasteiger partial charge in [0.15, 0.2) is 0 Å². The highest BCUT2D eigenvalue weighted by Gasteiger charge is 2.27. The zero-order valence-electron chi connectivity index (χ0n) is 40.2. The second-order valence-electron chi connectivity index (χ2n) is 20.6. The number of rotatable bonds is 10. The normalized spacial score (nSPS) is 12.1. The Hall–Kier alpha value is -6.73. The van der Waals surface area contributed by atoms with Gasteiger partial charge >= 0.3 is 0 Å². The Bertz CT molecular complexity index is 3130. The van der Waals surface area contributed by atoms with Gasteiger partial charge in [-0.05, 0) is 121 Å². The lowest BCUT2D eigenvalue weighted by atomic mass is 9.85. The summed E-state index contributed by atoms with van der Waals surface area (Å²) in [6.45, 7) is 23.3. The van der Waals surface area contributed by atoms with Gasteiger partial charge in [0.1, 0.15) is 0 Å². The van der Waals surface area contributed by atoms with Crippen LogP contribution in [0.5, 0.6) is 0 Å². The summed E-state index contributed by atoms with van der Waals surface area (Å²) < 4.78 is 0. The van der Waals surface area contributed by atoms with Crippen LogP contribution in [0.4, 0.5) is 34.1 Å². The van der Waals surface area contributed by atoms with E-state index in [4.69, 9.17) is 0 Å². The molecule has 10 rings (SSSR count). The molecule has 0 aliphatic heterocycles. The van der Waals surface area contributed by atoms with Crippen molar-refractivity contribution in [2.24, 2.45) is 0 Å². The average molecular weight is 889 g/mol. The Kier molecular flexibility index (Phi) is 10.9. The van der Waals surface area contributed by atoms with E-state index in [2.05, 4.69) is 259 Å². The van der Waals surface area contributed by atoms with E-state index in [-0.39, 0.29) is 0 Å². The summed E-state index contributed by atoms with van der Waals surface area (Å²) in [5, 5.41) is 10.4. The number of nitrogens with zero attached hydrogens (tertiary/aromatic N) is 2. The Balaban J connectivity index is 1.35. The van der Waals surface area contributed by atoms with E-state index in [1.165, 1.54) is 87.2 Å². The summed E-state index contributed by atoms with van der Waals surface area (Å²) in [5.41, 5.74) is 16.8. The fourth-order valence-corrected chi connectivity index (χ4v) is 12.1. The lowest BCUT2D eigenvalue weighted by Gasteiger charge is -2.31. The van der Waals surface area contributed by atoms with Crippen LogP contribution in [0.15, 0.2) is 182 Å². The minimum Gasteiger partial charge on any atom is -0.310 e. The highest BCUT2D eigenvalue weighted by molar-refractivity contribution is 6.89. The molecule has 0 N–H and O–H groups in total. The van der Waals surface area contributed by atoms with Gasteiger partial charge in [-0.1, -0.05) is 193 Å². The molecule has 0 spiro atoms. The molecule has 2 nitrogen and oxygen atoms in total. The summed E-state index contributed by atoms with van der Waals surface area (Å²) in [6.07, 6.45) is 0. The molecule has 0 radical (unpaired) electrons.